The number of aromatic nitrogens is 2. The summed E-state index contributed by atoms with van der Waals surface area (Å²) in [7, 11) is 0. The van der Waals surface area contributed by atoms with Crippen LogP contribution in [0, 0.1) is 6.92 Å². The van der Waals surface area contributed by atoms with E-state index in [9.17, 15) is 4.79 Å². The van der Waals surface area contributed by atoms with Crippen molar-refractivity contribution in [2.75, 3.05) is 26.2 Å². The molecule has 1 aromatic heterocycles. The lowest BCUT2D eigenvalue weighted by molar-refractivity contribution is -0.678. The zero-order valence-electron chi connectivity index (χ0n) is 19.5. The number of amidine groups is 1. The maximum absolute atomic E-state index is 12.5. The van der Waals surface area contributed by atoms with Crippen molar-refractivity contribution >= 4 is 23.3 Å². The van der Waals surface area contributed by atoms with E-state index >= 15 is 0 Å². The molecule has 6 rings (SSSR count). The largest absolute Gasteiger partial charge is 0.431 e. The minimum absolute atomic E-state index is 0.330. The first kappa shape index (κ1) is 21.9. The van der Waals surface area contributed by atoms with Gasteiger partial charge in [0.15, 0.2) is 0 Å². The molecule has 0 unspecified atom stereocenters. The van der Waals surface area contributed by atoms with E-state index in [1.54, 1.807) is 16.4 Å². The molecule has 0 radical (unpaired) electrons. The van der Waals surface area contributed by atoms with Crippen molar-refractivity contribution in [2.45, 2.75) is 23.3 Å². The van der Waals surface area contributed by atoms with Gasteiger partial charge < -0.3 is 4.90 Å². The monoisotopic (exact) mass is 484 g/mol. The summed E-state index contributed by atoms with van der Waals surface area (Å²) in [6, 6.07) is 24.8. The summed E-state index contributed by atoms with van der Waals surface area (Å²) in [6.07, 6.45) is 0. The standard InChI is InChI=1S/C27H25N5O2S/c1-19-10-12-20(13-11-19)32-23(27(33)34-29-32)18-30-14-16-31(17-15-30)26-21-6-2-4-8-24(21)35-25-9-5-3-7-22(25)28-26/h2-13H,14-18H2,1H3/p+1. The van der Waals surface area contributed by atoms with Crippen molar-refractivity contribution in [3.63, 3.8) is 0 Å². The molecular formula is C27H26N5O2S+. The van der Waals surface area contributed by atoms with Crippen LogP contribution in [-0.2, 0) is 6.54 Å². The number of aromatic amines is 1. The van der Waals surface area contributed by atoms with Crippen LogP contribution in [0.2, 0.25) is 0 Å². The van der Waals surface area contributed by atoms with Gasteiger partial charge in [0.25, 0.3) is 0 Å². The highest BCUT2D eigenvalue weighted by molar-refractivity contribution is 7.99. The van der Waals surface area contributed by atoms with Crippen LogP contribution in [0.15, 0.2) is 96.9 Å². The Morgan fingerprint density at radius 1 is 0.943 bits per heavy atom. The van der Waals surface area contributed by atoms with Gasteiger partial charge in [-0.2, -0.15) is 0 Å². The lowest BCUT2D eigenvalue weighted by atomic mass is 10.1. The normalized spacial score (nSPS) is 15.8. The number of aryl methyl sites for hydroxylation is 1. The van der Waals surface area contributed by atoms with Crippen molar-refractivity contribution in [1.82, 2.24) is 15.1 Å². The highest BCUT2D eigenvalue weighted by Gasteiger charge is 2.29. The number of nitrogens with zero attached hydrogens (tertiary/aromatic N) is 4. The van der Waals surface area contributed by atoms with Crippen LogP contribution in [0.3, 0.4) is 0 Å². The first-order chi connectivity index (χ1) is 17.2. The van der Waals surface area contributed by atoms with Gasteiger partial charge in [0, 0.05) is 53.7 Å². The van der Waals surface area contributed by atoms with Gasteiger partial charge in [0.1, 0.15) is 5.84 Å². The van der Waals surface area contributed by atoms with Gasteiger partial charge >= 0.3 is 11.3 Å². The quantitative estimate of drug-likeness (QED) is 0.447. The average molecular weight is 485 g/mol. The SMILES string of the molecule is Cc1ccc(-[n+]2[nH]oc(=O)c2CN2CCN(C3=Nc4ccccc4Sc4ccccc43)CC2)cc1. The van der Waals surface area contributed by atoms with E-state index in [0.29, 0.717) is 12.2 Å². The minimum Gasteiger partial charge on any atom is -0.354 e. The van der Waals surface area contributed by atoms with Crippen LogP contribution in [0.25, 0.3) is 5.69 Å². The van der Waals surface area contributed by atoms with Crippen LogP contribution in [0.4, 0.5) is 5.69 Å². The fraction of sp³-hybridized carbons (Fsp3) is 0.222. The number of rotatable bonds is 3. The van der Waals surface area contributed by atoms with Crippen LogP contribution >= 0.6 is 11.8 Å². The number of piperazine rings is 1. The van der Waals surface area contributed by atoms with Crippen molar-refractivity contribution in [3.8, 4) is 5.69 Å². The molecular weight excluding hydrogens is 458 g/mol. The third-order valence-electron chi connectivity index (χ3n) is 6.51. The Hall–Kier alpha value is -3.62. The number of para-hydroxylation sites is 1. The fourth-order valence-corrected chi connectivity index (χ4v) is 5.59. The zero-order chi connectivity index (χ0) is 23.8. The predicted molar refractivity (Wildman–Crippen MR) is 136 cm³/mol. The molecule has 3 heterocycles. The van der Waals surface area contributed by atoms with Gasteiger partial charge in [-0.1, -0.05) is 59.8 Å². The third-order valence-corrected chi connectivity index (χ3v) is 7.65. The molecule has 8 heteroatoms. The fourth-order valence-electron chi connectivity index (χ4n) is 4.57. The van der Waals surface area contributed by atoms with Gasteiger partial charge in [0.05, 0.1) is 12.2 Å². The molecule has 0 bridgehead atoms. The molecule has 0 saturated carbocycles. The molecule has 3 aromatic carbocycles. The number of fused-ring (bicyclic) bond motifs is 2. The summed E-state index contributed by atoms with van der Waals surface area (Å²) in [4.78, 5) is 24.7. The topological polar surface area (TPSA) is 68.7 Å². The molecule has 4 aromatic rings. The van der Waals surface area contributed by atoms with E-state index < -0.39 is 0 Å². The van der Waals surface area contributed by atoms with E-state index in [1.807, 2.05) is 37.3 Å². The van der Waals surface area contributed by atoms with E-state index in [4.69, 9.17) is 9.52 Å². The minimum atomic E-state index is -0.330. The average Bonchev–Trinajstić information content (AvgIpc) is 3.15. The maximum Gasteiger partial charge on any atom is 0.431 e. The van der Waals surface area contributed by atoms with Crippen LogP contribution in [0.1, 0.15) is 16.8 Å². The maximum atomic E-state index is 12.5. The summed E-state index contributed by atoms with van der Waals surface area (Å²) >= 11 is 1.77. The first-order valence-electron chi connectivity index (χ1n) is 11.8. The smallest absolute Gasteiger partial charge is 0.354 e. The number of hydrogen-bond acceptors (Lipinski definition) is 6. The van der Waals surface area contributed by atoms with Crippen LogP contribution < -0.4 is 10.3 Å². The molecule has 2 aliphatic heterocycles. The lowest BCUT2D eigenvalue weighted by Crippen LogP contribution is -2.50. The Bertz CT molecular complexity index is 1450. The number of benzene rings is 3. The molecule has 176 valence electrons. The molecule has 0 amide bonds. The van der Waals surface area contributed by atoms with Gasteiger partial charge in [-0.3, -0.25) is 9.42 Å². The highest BCUT2D eigenvalue weighted by Crippen LogP contribution is 2.40. The van der Waals surface area contributed by atoms with Crippen LogP contribution in [0.5, 0.6) is 0 Å². The zero-order valence-corrected chi connectivity index (χ0v) is 20.3. The molecule has 0 aliphatic carbocycles. The molecule has 0 atom stereocenters. The second-order valence-electron chi connectivity index (χ2n) is 8.86. The van der Waals surface area contributed by atoms with Gasteiger partial charge in [-0.05, 0) is 35.1 Å². The van der Waals surface area contributed by atoms with Gasteiger partial charge in [-0.15, -0.1) is 0 Å². The summed E-state index contributed by atoms with van der Waals surface area (Å²) in [6.45, 7) is 5.89. The van der Waals surface area contributed by atoms with Gasteiger partial charge in [-0.25, -0.2) is 9.79 Å². The molecule has 1 fully saturated rings. The Morgan fingerprint density at radius 3 is 2.46 bits per heavy atom. The summed E-state index contributed by atoms with van der Waals surface area (Å²) < 4.78 is 6.89. The number of aliphatic imine (C=N–C) groups is 1. The third kappa shape index (κ3) is 4.31. The van der Waals surface area contributed by atoms with E-state index in [1.165, 1.54) is 20.9 Å². The van der Waals surface area contributed by atoms with Crippen molar-refractivity contribution in [2.24, 2.45) is 4.99 Å². The van der Waals surface area contributed by atoms with Crippen molar-refractivity contribution in [1.29, 1.82) is 0 Å². The Balaban J connectivity index is 1.22. The molecule has 35 heavy (non-hydrogen) atoms. The Kier molecular flexibility index (Phi) is 5.75. The summed E-state index contributed by atoms with van der Waals surface area (Å²) in [5.41, 5.74) is 4.51. The Morgan fingerprint density at radius 2 is 1.66 bits per heavy atom. The van der Waals surface area contributed by atoms with Gasteiger partial charge in [0.2, 0.25) is 5.69 Å². The number of H-pyrrole nitrogens is 1. The number of nitrogens with one attached hydrogen (secondary N) is 1. The lowest BCUT2D eigenvalue weighted by Gasteiger charge is -2.35. The molecule has 0 spiro atoms. The molecule has 1 saturated heterocycles. The van der Waals surface area contributed by atoms with Crippen molar-refractivity contribution < 1.29 is 9.20 Å². The van der Waals surface area contributed by atoms with E-state index in [0.717, 1.165) is 43.4 Å². The van der Waals surface area contributed by atoms with E-state index in [-0.39, 0.29) is 5.63 Å². The molecule has 7 nitrogen and oxygen atoms in total. The second-order valence-corrected chi connectivity index (χ2v) is 9.95. The predicted octanol–water partition coefficient (Wildman–Crippen LogP) is 3.91. The first-order valence-corrected chi connectivity index (χ1v) is 12.6. The summed E-state index contributed by atoms with van der Waals surface area (Å²) in [5, 5.41) is 2.76. The highest BCUT2D eigenvalue weighted by atomic mass is 32.2. The number of hydrogen-bond donors (Lipinski definition) is 1. The summed E-state index contributed by atoms with van der Waals surface area (Å²) in [5.74, 6) is 1.02. The molecule has 2 aliphatic rings. The van der Waals surface area contributed by atoms with E-state index in [2.05, 4.69) is 57.5 Å². The second kappa shape index (κ2) is 9.20. The molecule has 1 N–H and O–H groups in total. The van der Waals surface area contributed by atoms with Crippen molar-refractivity contribution in [3.05, 3.63) is 100 Å². The Labute approximate surface area is 207 Å². The van der Waals surface area contributed by atoms with Crippen LogP contribution in [-0.4, -0.2) is 47.1 Å².